The van der Waals surface area contributed by atoms with Crippen molar-refractivity contribution in [2.45, 2.75) is 4.90 Å². The van der Waals surface area contributed by atoms with Gasteiger partial charge in [0.1, 0.15) is 16.8 Å². The van der Waals surface area contributed by atoms with E-state index in [0.717, 1.165) is 29.1 Å². The third-order valence-electron chi connectivity index (χ3n) is 2.90. The van der Waals surface area contributed by atoms with E-state index in [1.54, 1.807) is 0 Å². The van der Waals surface area contributed by atoms with E-state index < -0.39 is 21.6 Å². The topological polar surface area (TPSA) is 146 Å². The summed E-state index contributed by atoms with van der Waals surface area (Å²) in [7, 11) is -4.38. The van der Waals surface area contributed by atoms with E-state index in [1.807, 2.05) is 0 Å². The zero-order valence-electron chi connectivity index (χ0n) is 10.7. The third kappa shape index (κ3) is 2.29. The van der Waals surface area contributed by atoms with Crippen LogP contribution in [-0.2, 0) is 10.1 Å². The Morgan fingerprint density at radius 3 is 2.09 bits per heavy atom. The molecule has 0 radical (unpaired) electrons. The molecule has 0 saturated heterocycles. The van der Waals surface area contributed by atoms with Crippen molar-refractivity contribution >= 4 is 21.2 Å². The lowest BCUT2D eigenvalue weighted by Crippen LogP contribution is -1.99. The van der Waals surface area contributed by atoms with Crippen molar-refractivity contribution in [3.05, 3.63) is 30.3 Å². The fraction of sp³-hybridized carbons (Fsp3) is 0. The monoisotopic (exact) mass is 323 g/mol. The van der Waals surface area contributed by atoms with Gasteiger partial charge in [-0.2, -0.15) is 8.42 Å². The van der Waals surface area contributed by atoms with Gasteiger partial charge >= 0.3 is 0 Å². The van der Waals surface area contributed by atoms with E-state index in [-0.39, 0.29) is 27.4 Å². The normalized spacial score (nSPS) is 11.9. The number of hydrogen-bond acceptors (Lipinski definition) is 7. The van der Waals surface area contributed by atoms with Crippen molar-refractivity contribution in [1.82, 2.24) is 15.0 Å². The molecule has 9 nitrogen and oxygen atoms in total. The van der Waals surface area contributed by atoms with Crippen molar-refractivity contribution in [2.75, 3.05) is 0 Å². The Labute approximate surface area is 123 Å². The van der Waals surface area contributed by atoms with Crippen LogP contribution in [0.2, 0.25) is 0 Å². The predicted molar refractivity (Wildman–Crippen MR) is 73.7 cm³/mol. The number of phenolic OH excluding ortho intramolecular Hbond substituents is 3. The van der Waals surface area contributed by atoms with Gasteiger partial charge in [-0.3, -0.25) is 4.55 Å². The summed E-state index contributed by atoms with van der Waals surface area (Å²) >= 11 is 0. The maximum atomic E-state index is 11.1. The van der Waals surface area contributed by atoms with Crippen LogP contribution >= 0.6 is 0 Å². The summed E-state index contributed by atoms with van der Waals surface area (Å²) in [5.41, 5.74) is 0.226. The number of fused-ring (bicyclic) bond motifs is 1. The van der Waals surface area contributed by atoms with Crippen LogP contribution in [0.5, 0.6) is 17.2 Å². The molecule has 0 amide bonds. The minimum atomic E-state index is -4.38. The number of benzene rings is 2. The fourth-order valence-corrected chi connectivity index (χ4v) is 2.45. The lowest BCUT2D eigenvalue weighted by Gasteiger charge is -2.05. The van der Waals surface area contributed by atoms with Gasteiger partial charge in [0.25, 0.3) is 10.1 Å². The Hall–Kier alpha value is -2.85. The Kier molecular flexibility index (Phi) is 2.93. The van der Waals surface area contributed by atoms with Crippen LogP contribution in [0.15, 0.2) is 35.2 Å². The Bertz CT molecular complexity index is 972. The van der Waals surface area contributed by atoms with Crippen LogP contribution in [0.1, 0.15) is 0 Å². The highest BCUT2D eigenvalue weighted by Crippen LogP contribution is 2.34. The van der Waals surface area contributed by atoms with Gasteiger partial charge in [-0.1, -0.05) is 0 Å². The molecule has 1 aromatic heterocycles. The molecular formula is C12H9N3O6S. The molecule has 0 aliphatic carbocycles. The maximum absolute atomic E-state index is 11.1. The standard InChI is InChI=1S/C12H9N3O6S/c16-6-3-10(17)12(11(18)4-6)15-13-8-2-1-7(22(19,20)21)5-9(8)14-15/h1-5,16-18H,(H,19,20,21). The Morgan fingerprint density at radius 2 is 1.50 bits per heavy atom. The van der Waals surface area contributed by atoms with Crippen LogP contribution in [0.4, 0.5) is 0 Å². The Morgan fingerprint density at radius 1 is 0.909 bits per heavy atom. The summed E-state index contributed by atoms with van der Waals surface area (Å²) in [6.07, 6.45) is 0. The Balaban J connectivity index is 2.22. The summed E-state index contributed by atoms with van der Waals surface area (Å²) < 4.78 is 31.2. The molecule has 0 fully saturated rings. The van der Waals surface area contributed by atoms with Crippen LogP contribution in [0.3, 0.4) is 0 Å². The van der Waals surface area contributed by atoms with Gasteiger partial charge in [-0.05, 0) is 18.2 Å². The number of rotatable bonds is 2. The average molecular weight is 323 g/mol. The van der Waals surface area contributed by atoms with E-state index >= 15 is 0 Å². The summed E-state index contributed by atoms with van der Waals surface area (Å²) in [6.45, 7) is 0. The second kappa shape index (κ2) is 4.58. The summed E-state index contributed by atoms with van der Waals surface area (Å²) in [5, 5.41) is 36.7. The van der Waals surface area contributed by atoms with Crippen molar-refractivity contribution in [1.29, 1.82) is 0 Å². The predicted octanol–water partition coefficient (Wildman–Crippen LogP) is 0.784. The largest absolute Gasteiger partial charge is 0.508 e. The lowest BCUT2D eigenvalue weighted by atomic mass is 10.2. The zero-order valence-corrected chi connectivity index (χ0v) is 11.6. The van der Waals surface area contributed by atoms with E-state index in [1.165, 1.54) is 6.07 Å². The zero-order chi connectivity index (χ0) is 16.1. The first-order chi connectivity index (χ1) is 10.3. The molecule has 4 N–H and O–H groups in total. The summed E-state index contributed by atoms with van der Waals surface area (Å²) in [5.74, 6) is -1.27. The van der Waals surface area contributed by atoms with Crippen LogP contribution in [0.25, 0.3) is 16.7 Å². The van der Waals surface area contributed by atoms with E-state index in [2.05, 4.69) is 10.2 Å². The highest BCUT2D eigenvalue weighted by Gasteiger charge is 2.17. The molecule has 0 unspecified atom stereocenters. The van der Waals surface area contributed by atoms with Gasteiger partial charge in [0, 0.05) is 12.1 Å². The van der Waals surface area contributed by atoms with Crippen LogP contribution in [-0.4, -0.2) is 43.3 Å². The van der Waals surface area contributed by atoms with Gasteiger partial charge in [0.15, 0.2) is 17.2 Å². The molecule has 0 saturated carbocycles. The molecule has 10 heteroatoms. The van der Waals surface area contributed by atoms with Gasteiger partial charge < -0.3 is 15.3 Å². The van der Waals surface area contributed by atoms with Gasteiger partial charge in [-0.15, -0.1) is 15.0 Å². The molecule has 0 spiro atoms. The summed E-state index contributed by atoms with van der Waals surface area (Å²) in [4.78, 5) is 0.536. The second-order valence-corrected chi connectivity index (χ2v) is 5.87. The highest BCUT2D eigenvalue weighted by molar-refractivity contribution is 7.85. The van der Waals surface area contributed by atoms with Crippen molar-refractivity contribution in [3.63, 3.8) is 0 Å². The quantitative estimate of drug-likeness (QED) is 0.506. The molecule has 0 aliphatic heterocycles. The van der Waals surface area contributed by atoms with E-state index in [4.69, 9.17) is 4.55 Å². The first-order valence-corrected chi connectivity index (χ1v) is 7.29. The molecule has 0 atom stereocenters. The fourth-order valence-electron chi connectivity index (χ4n) is 1.95. The molecule has 3 aromatic rings. The van der Waals surface area contributed by atoms with Crippen molar-refractivity contribution < 1.29 is 28.3 Å². The first-order valence-electron chi connectivity index (χ1n) is 5.85. The number of nitrogens with zero attached hydrogens (tertiary/aromatic N) is 3. The number of phenols is 3. The number of aromatic hydroxyl groups is 3. The van der Waals surface area contributed by atoms with Crippen molar-refractivity contribution in [3.8, 4) is 22.9 Å². The second-order valence-electron chi connectivity index (χ2n) is 4.45. The minimum Gasteiger partial charge on any atom is -0.508 e. The van der Waals surface area contributed by atoms with Crippen LogP contribution in [0, 0.1) is 0 Å². The lowest BCUT2D eigenvalue weighted by molar-refractivity contribution is 0.420. The number of hydrogen-bond donors (Lipinski definition) is 4. The van der Waals surface area contributed by atoms with Crippen molar-refractivity contribution in [2.24, 2.45) is 0 Å². The van der Waals surface area contributed by atoms with E-state index in [0.29, 0.717) is 0 Å². The molecule has 114 valence electrons. The molecule has 22 heavy (non-hydrogen) atoms. The molecule has 3 rings (SSSR count). The SMILES string of the molecule is O=S(=O)(O)c1ccc2nn(-c3c(O)cc(O)cc3O)nc2c1. The smallest absolute Gasteiger partial charge is 0.294 e. The maximum Gasteiger partial charge on any atom is 0.294 e. The molecule has 2 aromatic carbocycles. The molecular weight excluding hydrogens is 314 g/mol. The van der Waals surface area contributed by atoms with Gasteiger partial charge in [-0.25, -0.2) is 0 Å². The first kappa shape index (κ1) is 14.1. The molecule has 1 heterocycles. The minimum absolute atomic E-state index is 0.127. The number of aromatic nitrogens is 3. The van der Waals surface area contributed by atoms with Gasteiger partial charge in [0.05, 0.1) is 4.90 Å². The summed E-state index contributed by atoms with van der Waals surface area (Å²) in [6, 6.07) is 5.55. The molecule has 0 bridgehead atoms. The highest BCUT2D eigenvalue weighted by atomic mass is 32.2. The van der Waals surface area contributed by atoms with Crippen LogP contribution < -0.4 is 0 Å². The van der Waals surface area contributed by atoms with E-state index in [9.17, 15) is 23.7 Å². The molecule has 0 aliphatic rings. The van der Waals surface area contributed by atoms with Gasteiger partial charge in [0.2, 0.25) is 0 Å². The third-order valence-corrected chi connectivity index (χ3v) is 3.75. The average Bonchev–Trinajstić information content (AvgIpc) is 2.78.